The number of aromatic hydroxyl groups is 1. The molecule has 1 amide bonds. The van der Waals surface area contributed by atoms with E-state index >= 15 is 0 Å². The second-order valence-corrected chi connectivity index (χ2v) is 4.18. The number of phenolic OH excluding ortho intramolecular Hbond substituents is 1. The maximum Gasteiger partial charge on any atom is 0.270 e. The molecule has 1 unspecified atom stereocenters. The van der Waals surface area contributed by atoms with Gasteiger partial charge >= 0.3 is 0 Å². The van der Waals surface area contributed by atoms with Crippen LogP contribution in [0.25, 0.3) is 0 Å². The zero-order valence-corrected chi connectivity index (χ0v) is 10.8. The van der Waals surface area contributed by atoms with Crippen LogP contribution in [0, 0.1) is 10.1 Å². The second-order valence-electron chi connectivity index (χ2n) is 4.18. The molecule has 8 nitrogen and oxygen atoms in total. The van der Waals surface area contributed by atoms with Crippen LogP contribution in [-0.2, 0) is 4.79 Å². The summed E-state index contributed by atoms with van der Waals surface area (Å²) in [6.07, 6.45) is 0.952. The summed E-state index contributed by atoms with van der Waals surface area (Å²) in [7, 11) is 0. The minimum Gasteiger partial charge on any atom is -0.507 e. The van der Waals surface area contributed by atoms with E-state index in [4.69, 9.17) is 5.11 Å². The zero-order chi connectivity index (χ0) is 15.1. The van der Waals surface area contributed by atoms with E-state index in [-0.39, 0.29) is 23.4 Å². The van der Waals surface area contributed by atoms with Crippen LogP contribution in [-0.4, -0.2) is 33.4 Å². The molecule has 8 heteroatoms. The number of nitro groups is 1. The van der Waals surface area contributed by atoms with Gasteiger partial charge in [-0.05, 0) is 19.4 Å². The third-order valence-electron chi connectivity index (χ3n) is 2.40. The Kier molecular flexibility index (Phi) is 5.60. The first-order chi connectivity index (χ1) is 9.40. The highest BCUT2D eigenvalue weighted by molar-refractivity contribution is 5.86. The molecule has 1 rings (SSSR count). The Morgan fingerprint density at radius 1 is 1.60 bits per heavy atom. The summed E-state index contributed by atoms with van der Waals surface area (Å²) in [6.45, 7) is 1.57. The van der Waals surface area contributed by atoms with E-state index in [0.717, 1.165) is 18.3 Å². The number of nitrogens with zero attached hydrogens (tertiary/aromatic N) is 2. The number of phenols is 1. The Balaban J connectivity index is 2.64. The third kappa shape index (κ3) is 5.02. The van der Waals surface area contributed by atoms with E-state index in [0.29, 0.717) is 6.42 Å². The van der Waals surface area contributed by atoms with Gasteiger partial charge in [0.15, 0.2) is 0 Å². The molecule has 0 aromatic heterocycles. The largest absolute Gasteiger partial charge is 0.507 e. The molecular formula is C12H15N3O5. The van der Waals surface area contributed by atoms with E-state index in [1.54, 1.807) is 6.92 Å². The standard InChI is InChI=1S/C12H15N3O5/c1-8(16)2-5-12(18)14-13-7-9-6-10(15(19)20)3-4-11(9)17/h3-4,6-8,16-17H,2,5H2,1H3,(H,14,18)/b13-7+. The van der Waals surface area contributed by atoms with Crippen molar-refractivity contribution in [2.24, 2.45) is 5.10 Å². The van der Waals surface area contributed by atoms with Gasteiger partial charge in [-0.15, -0.1) is 0 Å². The van der Waals surface area contributed by atoms with Gasteiger partial charge in [0, 0.05) is 24.1 Å². The lowest BCUT2D eigenvalue weighted by Crippen LogP contribution is -2.18. The molecule has 1 aromatic rings. The molecule has 0 saturated heterocycles. The highest BCUT2D eigenvalue weighted by Gasteiger charge is 2.09. The van der Waals surface area contributed by atoms with Gasteiger partial charge < -0.3 is 10.2 Å². The zero-order valence-electron chi connectivity index (χ0n) is 10.8. The van der Waals surface area contributed by atoms with E-state index in [2.05, 4.69) is 10.5 Å². The van der Waals surface area contributed by atoms with E-state index in [9.17, 15) is 20.0 Å². The minimum absolute atomic E-state index is 0.107. The van der Waals surface area contributed by atoms with Crippen LogP contribution in [0.3, 0.4) is 0 Å². The lowest BCUT2D eigenvalue weighted by molar-refractivity contribution is -0.384. The number of amides is 1. The summed E-state index contributed by atoms with van der Waals surface area (Å²) in [4.78, 5) is 21.3. The first-order valence-electron chi connectivity index (χ1n) is 5.87. The SMILES string of the molecule is CC(O)CCC(=O)N/N=C/c1cc([N+](=O)[O-])ccc1O. The van der Waals surface area contributed by atoms with Gasteiger partial charge in [0.25, 0.3) is 5.69 Å². The summed E-state index contributed by atoms with van der Waals surface area (Å²) >= 11 is 0. The number of hydrogen-bond acceptors (Lipinski definition) is 6. The Morgan fingerprint density at radius 2 is 2.30 bits per heavy atom. The number of nitrogens with one attached hydrogen (secondary N) is 1. The average Bonchev–Trinajstić information content (AvgIpc) is 2.38. The van der Waals surface area contributed by atoms with Gasteiger partial charge in [-0.2, -0.15) is 5.10 Å². The van der Waals surface area contributed by atoms with Crippen molar-refractivity contribution in [1.29, 1.82) is 0 Å². The number of non-ortho nitro benzene ring substituents is 1. The summed E-state index contributed by atoms with van der Waals surface area (Å²) < 4.78 is 0. The van der Waals surface area contributed by atoms with Crippen molar-refractivity contribution >= 4 is 17.8 Å². The van der Waals surface area contributed by atoms with Gasteiger partial charge in [0.1, 0.15) is 5.75 Å². The van der Waals surface area contributed by atoms with Gasteiger partial charge in [0.05, 0.1) is 17.2 Å². The van der Waals surface area contributed by atoms with Crippen LogP contribution < -0.4 is 5.43 Å². The smallest absolute Gasteiger partial charge is 0.270 e. The average molecular weight is 281 g/mol. The summed E-state index contributed by atoms with van der Waals surface area (Å²) in [6, 6.07) is 3.48. The fourth-order valence-electron chi connectivity index (χ4n) is 1.33. The molecule has 0 aliphatic carbocycles. The molecule has 1 atom stereocenters. The molecule has 0 heterocycles. The number of benzene rings is 1. The minimum atomic E-state index is -0.599. The van der Waals surface area contributed by atoms with Gasteiger partial charge in [0.2, 0.25) is 5.91 Å². The normalized spacial score (nSPS) is 12.3. The second kappa shape index (κ2) is 7.19. The van der Waals surface area contributed by atoms with Crippen molar-refractivity contribution < 1.29 is 19.9 Å². The molecule has 0 bridgehead atoms. The predicted octanol–water partition coefficient (Wildman–Crippen LogP) is 0.911. The molecule has 0 spiro atoms. The topological polar surface area (TPSA) is 125 Å². The molecule has 108 valence electrons. The third-order valence-corrected chi connectivity index (χ3v) is 2.40. The summed E-state index contributed by atoms with van der Waals surface area (Å²) in [5, 5.41) is 32.7. The highest BCUT2D eigenvalue weighted by atomic mass is 16.6. The molecular weight excluding hydrogens is 266 g/mol. The molecule has 0 fully saturated rings. The molecule has 0 aliphatic heterocycles. The number of hydrogen-bond donors (Lipinski definition) is 3. The lowest BCUT2D eigenvalue weighted by atomic mass is 10.2. The molecule has 0 saturated carbocycles. The van der Waals surface area contributed by atoms with Gasteiger partial charge in [-0.1, -0.05) is 0 Å². The van der Waals surface area contributed by atoms with E-state index in [1.807, 2.05) is 0 Å². The quantitative estimate of drug-likeness (QED) is 0.406. The molecule has 20 heavy (non-hydrogen) atoms. The lowest BCUT2D eigenvalue weighted by Gasteiger charge is -2.02. The van der Waals surface area contributed by atoms with Crippen molar-refractivity contribution in [2.45, 2.75) is 25.9 Å². The number of nitro benzene ring substituents is 1. The number of carbonyl (C=O) groups excluding carboxylic acids is 1. The van der Waals surface area contributed by atoms with Crippen molar-refractivity contribution in [1.82, 2.24) is 5.43 Å². The molecule has 1 aromatic carbocycles. The maximum absolute atomic E-state index is 11.3. The molecule has 0 radical (unpaired) electrons. The van der Waals surface area contributed by atoms with Crippen LogP contribution in [0.5, 0.6) is 5.75 Å². The fourth-order valence-corrected chi connectivity index (χ4v) is 1.33. The number of aliphatic hydroxyl groups is 1. The van der Waals surface area contributed by atoms with Crippen LogP contribution in [0.1, 0.15) is 25.3 Å². The Bertz CT molecular complexity index is 528. The fraction of sp³-hybridized carbons (Fsp3) is 0.333. The summed E-state index contributed by atoms with van der Waals surface area (Å²) in [5.74, 6) is -0.579. The van der Waals surface area contributed by atoms with Crippen LogP contribution in [0.4, 0.5) is 5.69 Å². The van der Waals surface area contributed by atoms with Crippen LogP contribution in [0.2, 0.25) is 0 Å². The molecule has 3 N–H and O–H groups in total. The number of hydrazone groups is 1. The van der Waals surface area contributed by atoms with Crippen molar-refractivity contribution in [2.75, 3.05) is 0 Å². The first-order valence-corrected chi connectivity index (χ1v) is 5.87. The Morgan fingerprint density at radius 3 is 2.90 bits per heavy atom. The molecule has 0 aliphatic rings. The summed E-state index contributed by atoms with van der Waals surface area (Å²) in [5.41, 5.74) is 2.13. The van der Waals surface area contributed by atoms with Crippen molar-refractivity contribution in [3.63, 3.8) is 0 Å². The highest BCUT2D eigenvalue weighted by Crippen LogP contribution is 2.21. The van der Waals surface area contributed by atoms with Crippen LogP contribution in [0.15, 0.2) is 23.3 Å². The maximum atomic E-state index is 11.3. The van der Waals surface area contributed by atoms with Crippen molar-refractivity contribution in [3.05, 3.63) is 33.9 Å². The number of rotatable bonds is 6. The first kappa shape index (κ1) is 15.6. The van der Waals surface area contributed by atoms with Crippen molar-refractivity contribution in [3.8, 4) is 5.75 Å². The Hall–Kier alpha value is -2.48. The Labute approximate surface area is 114 Å². The number of aliphatic hydroxyl groups excluding tert-OH is 1. The van der Waals surface area contributed by atoms with Crippen LogP contribution >= 0.6 is 0 Å². The van der Waals surface area contributed by atoms with Gasteiger partial charge in [-0.3, -0.25) is 14.9 Å². The monoisotopic (exact) mass is 281 g/mol. The number of carbonyl (C=O) groups is 1. The van der Waals surface area contributed by atoms with E-state index < -0.39 is 16.9 Å². The van der Waals surface area contributed by atoms with E-state index in [1.165, 1.54) is 6.07 Å². The van der Waals surface area contributed by atoms with Gasteiger partial charge in [-0.25, -0.2) is 5.43 Å². The predicted molar refractivity (Wildman–Crippen MR) is 71.4 cm³/mol.